The van der Waals surface area contributed by atoms with E-state index in [2.05, 4.69) is 49.6 Å². The van der Waals surface area contributed by atoms with Crippen molar-refractivity contribution in [1.82, 2.24) is 4.90 Å². The van der Waals surface area contributed by atoms with Crippen LogP contribution in [-0.2, 0) is 6.42 Å². The summed E-state index contributed by atoms with van der Waals surface area (Å²) in [5.41, 5.74) is 13.2. The van der Waals surface area contributed by atoms with Crippen LogP contribution in [0.4, 0.5) is 11.4 Å². The largest absolute Gasteiger partial charge is 0.497 e. The van der Waals surface area contributed by atoms with E-state index >= 15 is 0 Å². The lowest BCUT2D eigenvalue weighted by Crippen LogP contribution is -2.52. The molecular weight excluding hydrogens is 362 g/mol. The molecule has 1 fully saturated rings. The Labute approximate surface area is 174 Å². The molecule has 156 valence electrons. The van der Waals surface area contributed by atoms with E-state index in [0.29, 0.717) is 0 Å². The molecule has 1 unspecified atom stereocenters. The number of nitrogens with two attached hydrogens (primary N) is 1. The predicted octanol–water partition coefficient (Wildman–Crippen LogP) is 3.72. The van der Waals surface area contributed by atoms with E-state index in [9.17, 15) is 0 Å². The average Bonchev–Trinajstić information content (AvgIpc) is 3.09. The smallest absolute Gasteiger partial charge is 0.127 e. The number of nitrogens with zero attached hydrogens (tertiary/aromatic N) is 2. The van der Waals surface area contributed by atoms with Crippen LogP contribution in [-0.4, -0.2) is 50.3 Å². The molecule has 2 aromatic rings. The van der Waals surface area contributed by atoms with Gasteiger partial charge < -0.3 is 20.1 Å². The number of benzene rings is 2. The van der Waals surface area contributed by atoms with Gasteiger partial charge in [-0.1, -0.05) is 0 Å². The number of hydrogen-bond acceptors (Lipinski definition) is 5. The highest BCUT2D eigenvalue weighted by atomic mass is 16.5. The fraction of sp³-hybridized carbons (Fsp3) is 0.500. The summed E-state index contributed by atoms with van der Waals surface area (Å²) in [7, 11) is 1.70. The van der Waals surface area contributed by atoms with Crippen LogP contribution in [0.5, 0.6) is 11.5 Å². The van der Waals surface area contributed by atoms with Crippen molar-refractivity contribution >= 4 is 11.4 Å². The SMILES string of the molecule is COc1ccc(N2CCN(CC3(C)Cc4c(C)c(N)c(C)c(C)c4O3)CC2)cc1. The molecule has 1 atom stereocenters. The number of methoxy groups -OCH3 is 1. The van der Waals surface area contributed by atoms with Crippen molar-refractivity contribution in [3.63, 3.8) is 0 Å². The van der Waals surface area contributed by atoms with Crippen LogP contribution in [0.3, 0.4) is 0 Å². The van der Waals surface area contributed by atoms with Gasteiger partial charge in [0.15, 0.2) is 0 Å². The van der Waals surface area contributed by atoms with Crippen molar-refractivity contribution in [2.75, 3.05) is 50.5 Å². The minimum absolute atomic E-state index is 0.194. The number of rotatable bonds is 4. The van der Waals surface area contributed by atoms with Gasteiger partial charge in [-0.3, -0.25) is 4.90 Å². The van der Waals surface area contributed by atoms with E-state index in [1.165, 1.54) is 22.4 Å². The molecule has 2 aromatic carbocycles. The zero-order valence-corrected chi connectivity index (χ0v) is 18.3. The maximum absolute atomic E-state index is 6.56. The third-order valence-corrected chi connectivity index (χ3v) is 6.70. The summed E-state index contributed by atoms with van der Waals surface area (Å²) in [6, 6.07) is 8.35. The van der Waals surface area contributed by atoms with E-state index in [4.69, 9.17) is 15.2 Å². The fourth-order valence-electron chi connectivity index (χ4n) is 4.74. The monoisotopic (exact) mass is 395 g/mol. The normalized spacial score (nSPS) is 21.8. The van der Waals surface area contributed by atoms with Crippen molar-refractivity contribution in [3.8, 4) is 11.5 Å². The Morgan fingerprint density at radius 2 is 1.66 bits per heavy atom. The standard InChI is InChI=1S/C24H33N3O2/c1-16-17(2)23-21(18(3)22(16)25)14-24(4,29-23)15-26-10-12-27(13-11-26)19-6-8-20(28-5)9-7-19/h6-9H,10-15,25H2,1-5H3. The zero-order chi connectivity index (χ0) is 20.8. The van der Waals surface area contributed by atoms with Crippen molar-refractivity contribution < 1.29 is 9.47 Å². The van der Waals surface area contributed by atoms with Crippen LogP contribution >= 0.6 is 0 Å². The van der Waals surface area contributed by atoms with Gasteiger partial charge in [0, 0.05) is 56.1 Å². The summed E-state index contributed by atoms with van der Waals surface area (Å²) in [4.78, 5) is 4.98. The summed E-state index contributed by atoms with van der Waals surface area (Å²) in [5, 5.41) is 0. The summed E-state index contributed by atoms with van der Waals surface area (Å²) in [5.74, 6) is 1.97. The van der Waals surface area contributed by atoms with E-state index in [0.717, 1.165) is 61.9 Å². The van der Waals surface area contributed by atoms with Crippen molar-refractivity contribution in [2.24, 2.45) is 0 Å². The first-order valence-electron chi connectivity index (χ1n) is 10.5. The van der Waals surface area contributed by atoms with Crippen LogP contribution in [0.1, 0.15) is 29.2 Å². The summed E-state index contributed by atoms with van der Waals surface area (Å²) < 4.78 is 11.8. The van der Waals surface area contributed by atoms with Crippen LogP contribution in [0.15, 0.2) is 24.3 Å². The van der Waals surface area contributed by atoms with Crippen LogP contribution in [0.25, 0.3) is 0 Å². The van der Waals surface area contributed by atoms with Crippen molar-refractivity contribution in [1.29, 1.82) is 0 Å². The molecule has 1 saturated heterocycles. The first kappa shape index (κ1) is 19.9. The Hall–Kier alpha value is -2.40. The highest BCUT2D eigenvalue weighted by molar-refractivity contribution is 5.66. The van der Waals surface area contributed by atoms with Gasteiger partial charge in [-0.05, 0) is 68.7 Å². The molecule has 0 amide bonds. The van der Waals surface area contributed by atoms with Gasteiger partial charge in [0.05, 0.1) is 7.11 Å². The van der Waals surface area contributed by atoms with Gasteiger partial charge >= 0.3 is 0 Å². The first-order valence-corrected chi connectivity index (χ1v) is 10.5. The van der Waals surface area contributed by atoms with E-state index in [1.807, 2.05) is 12.1 Å². The van der Waals surface area contributed by atoms with Crippen LogP contribution in [0.2, 0.25) is 0 Å². The Bertz CT molecular complexity index is 863. The Morgan fingerprint density at radius 1 is 1.00 bits per heavy atom. The van der Waals surface area contributed by atoms with Gasteiger partial charge in [-0.15, -0.1) is 0 Å². The predicted molar refractivity (Wildman–Crippen MR) is 119 cm³/mol. The number of anilines is 2. The van der Waals surface area contributed by atoms with E-state index in [-0.39, 0.29) is 5.60 Å². The summed E-state index contributed by atoms with van der Waals surface area (Å²) in [6.07, 6.45) is 0.929. The molecule has 0 aliphatic carbocycles. The number of ether oxygens (including phenoxy) is 2. The van der Waals surface area contributed by atoms with Crippen molar-refractivity contribution in [3.05, 3.63) is 46.5 Å². The number of piperazine rings is 1. The van der Waals surface area contributed by atoms with E-state index < -0.39 is 0 Å². The Kier molecular flexibility index (Phi) is 5.11. The molecule has 2 aliphatic rings. The maximum atomic E-state index is 6.56. The highest BCUT2D eigenvalue weighted by Crippen LogP contribution is 2.44. The zero-order valence-electron chi connectivity index (χ0n) is 18.3. The maximum Gasteiger partial charge on any atom is 0.127 e. The Morgan fingerprint density at radius 3 is 2.28 bits per heavy atom. The van der Waals surface area contributed by atoms with Gasteiger partial charge in [-0.2, -0.15) is 0 Å². The number of nitrogen functional groups attached to an aromatic ring is 1. The fourth-order valence-corrected chi connectivity index (χ4v) is 4.74. The second-order valence-corrected chi connectivity index (χ2v) is 8.79. The van der Waals surface area contributed by atoms with Gasteiger partial charge in [0.2, 0.25) is 0 Å². The van der Waals surface area contributed by atoms with Crippen LogP contribution in [0, 0.1) is 20.8 Å². The molecule has 5 heteroatoms. The Balaban J connectivity index is 1.40. The summed E-state index contributed by atoms with van der Waals surface area (Å²) in [6.45, 7) is 13.7. The second kappa shape index (κ2) is 7.45. The van der Waals surface area contributed by atoms with Gasteiger partial charge in [-0.25, -0.2) is 0 Å². The molecule has 4 rings (SSSR count). The second-order valence-electron chi connectivity index (χ2n) is 8.79. The molecule has 0 spiro atoms. The summed E-state index contributed by atoms with van der Waals surface area (Å²) >= 11 is 0. The molecule has 2 aliphatic heterocycles. The third kappa shape index (κ3) is 3.64. The highest BCUT2D eigenvalue weighted by Gasteiger charge is 2.39. The van der Waals surface area contributed by atoms with Gasteiger partial charge in [0.1, 0.15) is 17.1 Å². The van der Waals surface area contributed by atoms with E-state index in [1.54, 1.807) is 7.11 Å². The van der Waals surface area contributed by atoms with Gasteiger partial charge in [0.25, 0.3) is 0 Å². The molecule has 5 nitrogen and oxygen atoms in total. The molecule has 2 heterocycles. The van der Waals surface area contributed by atoms with Crippen LogP contribution < -0.4 is 20.1 Å². The molecule has 0 radical (unpaired) electrons. The third-order valence-electron chi connectivity index (χ3n) is 6.70. The lowest BCUT2D eigenvalue weighted by atomic mass is 9.91. The molecular formula is C24H33N3O2. The quantitative estimate of drug-likeness (QED) is 0.800. The molecule has 29 heavy (non-hydrogen) atoms. The first-order chi connectivity index (χ1) is 13.8. The lowest BCUT2D eigenvalue weighted by Gasteiger charge is -2.39. The molecule has 2 N–H and O–H groups in total. The molecule has 0 aromatic heterocycles. The van der Waals surface area contributed by atoms with Crippen molar-refractivity contribution in [2.45, 2.75) is 39.7 Å². The lowest BCUT2D eigenvalue weighted by molar-refractivity contribution is 0.0604. The topological polar surface area (TPSA) is 51.0 Å². The molecule has 0 bridgehead atoms. The molecule has 0 saturated carbocycles. The minimum atomic E-state index is -0.194. The number of fused-ring (bicyclic) bond motifs is 1. The average molecular weight is 396 g/mol. The minimum Gasteiger partial charge on any atom is -0.497 e. The number of hydrogen-bond donors (Lipinski definition) is 1.